The summed E-state index contributed by atoms with van der Waals surface area (Å²) in [6.45, 7) is 3.71. The van der Waals surface area contributed by atoms with Gasteiger partial charge in [0.2, 0.25) is 0 Å². The zero-order valence-corrected chi connectivity index (χ0v) is 15.1. The lowest BCUT2D eigenvalue weighted by Gasteiger charge is -2.16. The normalized spacial score (nSPS) is 16.2. The Balaban J connectivity index is 1.99. The minimum Gasteiger partial charge on any atom is -0.268 e. The average Bonchev–Trinajstić information content (AvgIpc) is 2.95. The third-order valence-corrected chi connectivity index (χ3v) is 5.28. The molecule has 0 atom stereocenters. The molecule has 0 unspecified atom stereocenters. The van der Waals surface area contributed by atoms with Crippen molar-refractivity contribution >= 4 is 39.9 Å². The molecule has 2 aromatic carbocycles. The van der Waals surface area contributed by atoms with Crippen molar-refractivity contribution in [3.63, 3.8) is 0 Å². The number of imide groups is 1. The van der Waals surface area contributed by atoms with Crippen LogP contribution in [-0.4, -0.2) is 16.1 Å². The standard InChI is InChI=1S/C19H16N2O4S/c1-3-13-6-4-5-7-16(13)20-18(22)17(26-19(20)23)12(2)14-8-10-15(11-9-14)21(24)25/h4-11H,3H2,1-2H3/b17-12-. The molecule has 0 saturated carbocycles. The number of anilines is 1. The first-order chi connectivity index (χ1) is 12.4. The zero-order valence-electron chi connectivity index (χ0n) is 14.3. The molecule has 3 rings (SSSR count). The Kier molecular flexibility index (Phi) is 4.90. The molecule has 6 nitrogen and oxygen atoms in total. The Bertz CT molecular complexity index is 935. The van der Waals surface area contributed by atoms with Gasteiger partial charge in [0.05, 0.1) is 15.5 Å². The average molecular weight is 368 g/mol. The summed E-state index contributed by atoms with van der Waals surface area (Å²) in [6, 6.07) is 13.3. The predicted octanol–water partition coefficient (Wildman–Crippen LogP) is 4.79. The van der Waals surface area contributed by atoms with Crippen LogP contribution in [0.5, 0.6) is 0 Å². The monoisotopic (exact) mass is 368 g/mol. The number of amides is 2. The third kappa shape index (κ3) is 3.13. The van der Waals surface area contributed by atoms with Crippen LogP contribution < -0.4 is 4.90 Å². The molecule has 0 spiro atoms. The number of nitro groups is 1. The highest BCUT2D eigenvalue weighted by Crippen LogP contribution is 2.40. The van der Waals surface area contributed by atoms with Crippen LogP contribution in [0, 0.1) is 10.1 Å². The van der Waals surface area contributed by atoms with Gasteiger partial charge in [0.15, 0.2) is 0 Å². The summed E-state index contributed by atoms with van der Waals surface area (Å²) in [5.74, 6) is -0.364. The molecule has 0 aliphatic carbocycles. The number of aryl methyl sites for hydroxylation is 1. The quantitative estimate of drug-likeness (QED) is 0.440. The Labute approximate surface area is 154 Å². The van der Waals surface area contributed by atoms with E-state index in [4.69, 9.17) is 0 Å². The maximum Gasteiger partial charge on any atom is 0.298 e. The van der Waals surface area contributed by atoms with Crippen molar-refractivity contribution in [2.24, 2.45) is 0 Å². The van der Waals surface area contributed by atoms with Crippen LogP contribution in [0.25, 0.3) is 5.57 Å². The van der Waals surface area contributed by atoms with Gasteiger partial charge >= 0.3 is 0 Å². The molecule has 26 heavy (non-hydrogen) atoms. The molecule has 1 aliphatic heterocycles. The van der Waals surface area contributed by atoms with Crippen molar-refractivity contribution in [3.05, 3.63) is 74.7 Å². The van der Waals surface area contributed by atoms with Crippen LogP contribution in [-0.2, 0) is 11.2 Å². The number of hydrogen-bond acceptors (Lipinski definition) is 5. The first-order valence-corrected chi connectivity index (χ1v) is 8.85. The number of allylic oxidation sites excluding steroid dienone is 1. The van der Waals surface area contributed by atoms with Crippen molar-refractivity contribution in [2.45, 2.75) is 20.3 Å². The largest absolute Gasteiger partial charge is 0.298 e. The summed E-state index contributed by atoms with van der Waals surface area (Å²) in [7, 11) is 0. The highest BCUT2D eigenvalue weighted by Gasteiger charge is 2.38. The Hall–Kier alpha value is -2.93. The van der Waals surface area contributed by atoms with Gasteiger partial charge in [-0.05, 0) is 60.0 Å². The fourth-order valence-electron chi connectivity index (χ4n) is 2.80. The molecule has 1 heterocycles. The second kappa shape index (κ2) is 7.13. The first-order valence-electron chi connectivity index (χ1n) is 8.04. The number of benzene rings is 2. The lowest BCUT2D eigenvalue weighted by atomic mass is 10.1. The second-order valence-corrected chi connectivity index (χ2v) is 6.71. The molecular formula is C19H16N2O4S. The number of thioether (sulfide) groups is 1. The van der Waals surface area contributed by atoms with Gasteiger partial charge in [0.1, 0.15) is 0 Å². The van der Waals surface area contributed by atoms with Crippen molar-refractivity contribution < 1.29 is 14.5 Å². The van der Waals surface area contributed by atoms with Crippen LogP contribution >= 0.6 is 11.8 Å². The maximum absolute atomic E-state index is 12.9. The molecular weight excluding hydrogens is 352 g/mol. The molecule has 1 aliphatic rings. The molecule has 1 fully saturated rings. The summed E-state index contributed by atoms with van der Waals surface area (Å²) in [5, 5.41) is 10.4. The number of carbonyl (C=O) groups is 2. The van der Waals surface area contributed by atoms with Crippen molar-refractivity contribution in [3.8, 4) is 0 Å². The smallest absolute Gasteiger partial charge is 0.268 e. The van der Waals surface area contributed by atoms with Gasteiger partial charge in [-0.25, -0.2) is 4.90 Å². The predicted molar refractivity (Wildman–Crippen MR) is 102 cm³/mol. The molecule has 0 aromatic heterocycles. The number of para-hydroxylation sites is 1. The van der Waals surface area contributed by atoms with Gasteiger partial charge in [-0.2, -0.15) is 0 Å². The van der Waals surface area contributed by atoms with Crippen molar-refractivity contribution in [1.82, 2.24) is 0 Å². The van der Waals surface area contributed by atoms with Gasteiger partial charge in [-0.1, -0.05) is 25.1 Å². The zero-order chi connectivity index (χ0) is 18.8. The van der Waals surface area contributed by atoms with Crippen LogP contribution in [0.4, 0.5) is 16.2 Å². The fourth-order valence-corrected chi connectivity index (χ4v) is 3.69. The molecule has 0 radical (unpaired) electrons. The van der Waals surface area contributed by atoms with Crippen LogP contribution in [0.15, 0.2) is 53.4 Å². The van der Waals surface area contributed by atoms with E-state index in [-0.39, 0.29) is 16.8 Å². The van der Waals surface area contributed by atoms with E-state index in [0.29, 0.717) is 28.1 Å². The van der Waals surface area contributed by atoms with Gasteiger partial charge in [0.25, 0.3) is 16.8 Å². The first kappa shape index (κ1) is 17.9. The van der Waals surface area contributed by atoms with Crippen LogP contribution in [0.3, 0.4) is 0 Å². The van der Waals surface area contributed by atoms with E-state index < -0.39 is 4.92 Å². The molecule has 1 saturated heterocycles. The molecule has 2 amide bonds. The van der Waals surface area contributed by atoms with Crippen molar-refractivity contribution in [1.29, 1.82) is 0 Å². The van der Waals surface area contributed by atoms with Crippen LogP contribution in [0.2, 0.25) is 0 Å². The highest BCUT2D eigenvalue weighted by molar-refractivity contribution is 8.19. The number of non-ortho nitro benzene ring substituents is 1. The number of hydrogen-bond donors (Lipinski definition) is 0. The minimum absolute atomic E-state index is 0.0217. The second-order valence-electron chi connectivity index (χ2n) is 5.75. The van der Waals surface area contributed by atoms with E-state index in [9.17, 15) is 19.7 Å². The minimum atomic E-state index is -0.478. The number of nitrogens with zero attached hydrogens (tertiary/aromatic N) is 2. The topological polar surface area (TPSA) is 80.5 Å². The van der Waals surface area contributed by atoms with Gasteiger partial charge in [0, 0.05) is 12.1 Å². The van der Waals surface area contributed by atoms with Gasteiger partial charge in [-0.15, -0.1) is 0 Å². The summed E-state index contributed by atoms with van der Waals surface area (Å²) in [4.78, 5) is 37.2. The van der Waals surface area contributed by atoms with Crippen molar-refractivity contribution in [2.75, 3.05) is 4.90 Å². The summed E-state index contributed by atoms with van der Waals surface area (Å²) < 4.78 is 0. The van der Waals surface area contributed by atoms with E-state index in [0.717, 1.165) is 17.3 Å². The number of nitro benzene ring substituents is 1. The molecule has 0 bridgehead atoms. The fraction of sp³-hybridized carbons (Fsp3) is 0.158. The van der Waals surface area contributed by atoms with E-state index in [1.807, 2.05) is 19.1 Å². The van der Waals surface area contributed by atoms with E-state index in [1.165, 1.54) is 17.0 Å². The summed E-state index contributed by atoms with van der Waals surface area (Å²) >= 11 is 0.892. The molecule has 0 N–H and O–H groups in total. The van der Waals surface area contributed by atoms with Gasteiger partial charge < -0.3 is 0 Å². The van der Waals surface area contributed by atoms with E-state index in [1.54, 1.807) is 31.2 Å². The third-order valence-electron chi connectivity index (χ3n) is 4.23. The number of carbonyl (C=O) groups excluding carboxylic acids is 2. The Morgan fingerprint density at radius 2 is 1.77 bits per heavy atom. The summed E-state index contributed by atoms with van der Waals surface area (Å²) in [6.07, 6.45) is 0.707. The van der Waals surface area contributed by atoms with Gasteiger partial charge in [-0.3, -0.25) is 19.7 Å². The molecule has 7 heteroatoms. The Morgan fingerprint density at radius 1 is 1.12 bits per heavy atom. The number of rotatable bonds is 4. The highest BCUT2D eigenvalue weighted by atomic mass is 32.2. The lowest BCUT2D eigenvalue weighted by Crippen LogP contribution is -2.28. The lowest BCUT2D eigenvalue weighted by molar-refractivity contribution is -0.384. The SMILES string of the molecule is CCc1ccccc1N1C(=O)S/C(=C(/C)c2ccc([N+](=O)[O-])cc2)C1=O. The van der Waals surface area contributed by atoms with E-state index >= 15 is 0 Å². The van der Waals surface area contributed by atoms with E-state index in [2.05, 4.69) is 0 Å². The molecule has 132 valence electrons. The summed E-state index contributed by atoms with van der Waals surface area (Å²) in [5.41, 5.74) is 2.80. The Morgan fingerprint density at radius 3 is 2.38 bits per heavy atom. The van der Waals surface area contributed by atoms with Crippen LogP contribution in [0.1, 0.15) is 25.0 Å². The molecule has 2 aromatic rings. The maximum atomic E-state index is 12.9.